The number of nitrogens with one attached hydrogen (secondary N) is 1. The lowest BCUT2D eigenvalue weighted by molar-refractivity contribution is 0.138. The molecule has 0 saturated heterocycles. The van der Waals surface area contributed by atoms with E-state index in [1.165, 1.54) is 0 Å². The molecule has 0 spiro atoms. The van der Waals surface area contributed by atoms with Crippen LogP contribution in [0.15, 0.2) is 24.3 Å². The number of benzene rings is 1. The zero-order valence-corrected chi connectivity index (χ0v) is 10.6. The summed E-state index contributed by atoms with van der Waals surface area (Å²) in [6.07, 6.45) is 3.04. The molecule has 2 atom stereocenters. The van der Waals surface area contributed by atoms with Crippen LogP contribution in [-0.4, -0.2) is 27.3 Å². The number of hydrogen-bond donors (Lipinski definition) is 2. The molecule has 3 rings (SSSR count). The Morgan fingerprint density at radius 2 is 2.22 bits per heavy atom. The van der Waals surface area contributed by atoms with E-state index in [-0.39, 0.29) is 6.10 Å². The third-order valence-corrected chi connectivity index (χ3v) is 3.93. The summed E-state index contributed by atoms with van der Waals surface area (Å²) < 4.78 is 2.07. The van der Waals surface area contributed by atoms with Gasteiger partial charge in [0.2, 0.25) is 5.95 Å². The van der Waals surface area contributed by atoms with Crippen molar-refractivity contribution in [3.05, 3.63) is 24.3 Å². The molecule has 1 aromatic heterocycles. The molecule has 0 aliphatic heterocycles. The predicted octanol–water partition coefficient (Wildman–Crippen LogP) is 2.15. The van der Waals surface area contributed by atoms with Crippen molar-refractivity contribution in [1.29, 1.82) is 0 Å². The first-order chi connectivity index (χ1) is 8.75. The molecule has 4 nitrogen and oxygen atoms in total. The van der Waals surface area contributed by atoms with Crippen molar-refractivity contribution in [3.63, 3.8) is 0 Å². The number of aliphatic hydroxyl groups excluding tert-OH is 1. The maximum Gasteiger partial charge on any atom is 0.203 e. The van der Waals surface area contributed by atoms with Crippen molar-refractivity contribution in [2.75, 3.05) is 11.9 Å². The molecule has 4 heteroatoms. The second kappa shape index (κ2) is 4.61. The van der Waals surface area contributed by atoms with Crippen molar-refractivity contribution in [2.45, 2.75) is 25.4 Å². The summed E-state index contributed by atoms with van der Waals surface area (Å²) in [5.41, 5.74) is 2.14. The second-order valence-electron chi connectivity index (χ2n) is 5.12. The van der Waals surface area contributed by atoms with Gasteiger partial charge in [0.05, 0.1) is 17.1 Å². The smallest absolute Gasteiger partial charge is 0.203 e. The Kier molecular flexibility index (Phi) is 2.96. The zero-order valence-electron chi connectivity index (χ0n) is 10.6. The zero-order chi connectivity index (χ0) is 12.5. The summed E-state index contributed by atoms with van der Waals surface area (Å²) >= 11 is 0. The average Bonchev–Trinajstić information content (AvgIpc) is 2.92. The summed E-state index contributed by atoms with van der Waals surface area (Å²) in [6.45, 7) is 0.804. The molecule has 1 aromatic carbocycles. The van der Waals surface area contributed by atoms with Crippen molar-refractivity contribution < 1.29 is 5.11 Å². The van der Waals surface area contributed by atoms with Crippen LogP contribution in [0.25, 0.3) is 11.0 Å². The minimum Gasteiger partial charge on any atom is -0.393 e. The quantitative estimate of drug-likeness (QED) is 0.871. The number of aryl methyl sites for hydroxylation is 1. The Bertz CT molecular complexity index is 549. The fourth-order valence-electron chi connectivity index (χ4n) is 2.78. The van der Waals surface area contributed by atoms with Crippen molar-refractivity contribution >= 4 is 17.0 Å². The van der Waals surface area contributed by atoms with E-state index in [0.717, 1.165) is 42.8 Å². The Hall–Kier alpha value is -1.55. The van der Waals surface area contributed by atoms with Gasteiger partial charge in [0.25, 0.3) is 0 Å². The lowest BCUT2D eigenvalue weighted by Gasteiger charge is -2.15. The summed E-state index contributed by atoms with van der Waals surface area (Å²) in [7, 11) is 2.02. The van der Waals surface area contributed by atoms with E-state index in [4.69, 9.17) is 0 Å². The molecule has 1 fully saturated rings. The molecule has 1 aliphatic carbocycles. The highest BCUT2D eigenvalue weighted by Crippen LogP contribution is 2.26. The molecule has 2 aromatic rings. The van der Waals surface area contributed by atoms with Crippen LogP contribution in [0, 0.1) is 5.92 Å². The first-order valence-electron chi connectivity index (χ1n) is 6.59. The van der Waals surface area contributed by atoms with E-state index in [1.807, 2.05) is 25.2 Å². The molecule has 0 bridgehead atoms. The van der Waals surface area contributed by atoms with Crippen LogP contribution in [0.4, 0.5) is 5.95 Å². The molecule has 18 heavy (non-hydrogen) atoms. The molecule has 2 unspecified atom stereocenters. The summed E-state index contributed by atoms with van der Waals surface area (Å²) in [6, 6.07) is 8.11. The molecule has 0 radical (unpaired) electrons. The number of imidazole rings is 1. The molecular weight excluding hydrogens is 226 g/mol. The van der Waals surface area contributed by atoms with E-state index in [9.17, 15) is 5.11 Å². The maximum absolute atomic E-state index is 9.81. The van der Waals surface area contributed by atoms with Crippen LogP contribution in [0.1, 0.15) is 19.3 Å². The highest BCUT2D eigenvalue weighted by Gasteiger charge is 2.25. The number of fused-ring (bicyclic) bond motifs is 1. The van der Waals surface area contributed by atoms with E-state index in [2.05, 4.69) is 20.9 Å². The molecular formula is C14H19N3O. The van der Waals surface area contributed by atoms with Gasteiger partial charge in [-0.1, -0.05) is 18.6 Å². The Balaban J connectivity index is 1.76. The molecule has 0 amide bonds. The van der Waals surface area contributed by atoms with Gasteiger partial charge in [-0.15, -0.1) is 0 Å². The van der Waals surface area contributed by atoms with Crippen LogP contribution < -0.4 is 5.32 Å². The molecule has 1 heterocycles. The van der Waals surface area contributed by atoms with Gasteiger partial charge in [-0.3, -0.25) is 0 Å². The van der Waals surface area contributed by atoms with Gasteiger partial charge >= 0.3 is 0 Å². The largest absolute Gasteiger partial charge is 0.393 e. The van der Waals surface area contributed by atoms with Gasteiger partial charge in [-0.05, 0) is 25.0 Å². The number of hydrogen-bond acceptors (Lipinski definition) is 3. The second-order valence-corrected chi connectivity index (χ2v) is 5.12. The average molecular weight is 245 g/mol. The van der Waals surface area contributed by atoms with E-state index >= 15 is 0 Å². The van der Waals surface area contributed by atoms with E-state index < -0.39 is 0 Å². The number of para-hydroxylation sites is 2. The van der Waals surface area contributed by atoms with Crippen molar-refractivity contribution in [2.24, 2.45) is 13.0 Å². The fourth-order valence-corrected chi connectivity index (χ4v) is 2.78. The lowest BCUT2D eigenvalue weighted by atomic mass is 10.1. The number of aromatic nitrogens is 2. The third kappa shape index (κ3) is 1.97. The summed E-state index contributed by atoms with van der Waals surface area (Å²) in [5, 5.41) is 13.2. The summed E-state index contributed by atoms with van der Waals surface area (Å²) in [4.78, 5) is 4.57. The number of anilines is 1. The number of rotatable bonds is 3. The minimum atomic E-state index is -0.146. The van der Waals surface area contributed by atoms with E-state index in [0.29, 0.717) is 5.92 Å². The van der Waals surface area contributed by atoms with Crippen molar-refractivity contribution in [3.8, 4) is 0 Å². The monoisotopic (exact) mass is 245 g/mol. The maximum atomic E-state index is 9.81. The Morgan fingerprint density at radius 1 is 1.39 bits per heavy atom. The lowest BCUT2D eigenvalue weighted by Crippen LogP contribution is -2.22. The molecule has 1 aliphatic rings. The number of aliphatic hydroxyl groups is 1. The minimum absolute atomic E-state index is 0.146. The van der Waals surface area contributed by atoms with Gasteiger partial charge in [-0.25, -0.2) is 4.98 Å². The predicted molar refractivity (Wildman–Crippen MR) is 72.6 cm³/mol. The van der Waals surface area contributed by atoms with Crippen LogP contribution >= 0.6 is 0 Å². The van der Waals surface area contributed by atoms with Gasteiger partial charge < -0.3 is 15.0 Å². The van der Waals surface area contributed by atoms with Crippen molar-refractivity contribution in [1.82, 2.24) is 9.55 Å². The highest BCUT2D eigenvalue weighted by atomic mass is 16.3. The molecule has 96 valence electrons. The number of nitrogens with zero attached hydrogens (tertiary/aromatic N) is 2. The SMILES string of the molecule is Cn1c(NCC2CCCC2O)nc2ccccc21. The van der Waals surface area contributed by atoms with Gasteiger partial charge in [0.15, 0.2) is 0 Å². The topological polar surface area (TPSA) is 50.1 Å². The molecule has 2 N–H and O–H groups in total. The van der Waals surface area contributed by atoms with E-state index in [1.54, 1.807) is 0 Å². The van der Waals surface area contributed by atoms with Crippen LogP contribution in [0.2, 0.25) is 0 Å². The fraction of sp³-hybridized carbons (Fsp3) is 0.500. The Morgan fingerprint density at radius 3 is 2.94 bits per heavy atom. The van der Waals surface area contributed by atoms with Crippen LogP contribution in [0.5, 0.6) is 0 Å². The highest BCUT2D eigenvalue weighted by molar-refractivity contribution is 5.78. The van der Waals surface area contributed by atoms with Crippen LogP contribution in [-0.2, 0) is 7.05 Å². The van der Waals surface area contributed by atoms with Crippen LogP contribution in [0.3, 0.4) is 0 Å². The first kappa shape index (κ1) is 11.5. The first-order valence-corrected chi connectivity index (χ1v) is 6.59. The van der Waals surface area contributed by atoms with Gasteiger partial charge in [0.1, 0.15) is 0 Å². The Labute approximate surface area is 107 Å². The van der Waals surface area contributed by atoms with Gasteiger partial charge in [-0.2, -0.15) is 0 Å². The van der Waals surface area contributed by atoms with Gasteiger partial charge in [0, 0.05) is 19.5 Å². The third-order valence-electron chi connectivity index (χ3n) is 3.93. The standard InChI is InChI=1S/C14H19N3O/c1-17-12-7-3-2-6-11(12)16-14(17)15-9-10-5-4-8-13(10)18/h2-3,6-7,10,13,18H,4-5,8-9H2,1H3,(H,15,16). The molecule has 1 saturated carbocycles. The summed E-state index contributed by atoms with van der Waals surface area (Å²) in [5.74, 6) is 1.25. The normalized spacial score (nSPS) is 23.7.